The summed E-state index contributed by atoms with van der Waals surface area (Å²) in [4.78, 5) is 4.32. The first-order valence-corrected chi connectivity index (χ1v) is 6.61. The van der Waals surface area contributed by atoms with E-state index in [0.717, 1.165) is 42.6 Å². The Kier molecular flexibility index (Phi) is 3.35. The molecule has 2 aromatic rings. The van der Waals surface area contributed by atoms with E-state index in [0.29, 0.717) is 11.1 Å². The summed E-state index contributed by atoms with van der Waals surface area (Å²) in [6.45, 7) is 1.72. The molecular formula is C14H15ClN2O. The van der Waals surface area contributed by atoms with Gasteiger partial charge in [0.2, 0.25) is 0 Å². The zero-order valence-electron chi connectivity index (χ0n) is 10.0. The topological polar surface area (TPSA) is 34.1 Å². The van der Waals surface area contributed by atoms with Gasteiger partial charge in [0.05, 0.1) is 16.6 Å². The van der Waals surface area contributed by atoms with Crippen LogP contribution in [-0.4, -0.2) is 24.2 Å². The summed E-state index contributed by atoms with van der Waals surface area (Å²) in [5.41, 5.74) is 1.91. The summed E-state index contributed by atoms with van der Waals surface area (Å²) in [5.74, 6) is 0. The highest BCUT2D eigenvalue weighted by Crippen LogP contribution is 2.28. The molecule has 1 N–H and O–H groups in total. The summed E-state index contributed by atoms with van der Waals surface area (Å²) in [5, 5.41) is 5.18. The van der Waals surface area contributed by atoms with Crippen LogP contribution in [0.1, 0.15) is 12.8 Å². The fourth-order valence-electron chi connectivity index (χ4n) is 2.32. The highest BCUT2D eigenvalue weighted by molar-refractivity contribution is 6.35. The molecule has 2 heterocycles. The van der Waals surface area contributed by atoms with Crippen LogP contribution in [0.15, 0.2) is 30.5 Å². The molecule has 94 valence electrons. The van der Waals surface area contributed by atoms with E-state index in [-0.39, 0.29) is 0 Å². The van der Waals surface area contributed by atoms with E-state index in [9.17, 15) is 0 Å². The quantitative estimate of drug-likeness (QED) is 0.920. The monoisotopic (exact) mass is 262 g/mol. The Morgan fingerprint density at radius 3 is 3.17 bits per heavy atom. The molecule has 4 heteroatoms. The minimum atomic E-state index is 0.326. The molecule has 3 rings (SSSR count). The highest BCUT2D eigenvalue weighted by Gasteiger charge is 2.15. The summed E-state index contributed by atoms with van der Waals surface area (Å²) in [6.07, 6.45) is 4.39. The fraction of sp³-hybridized carbons (Fsp3) is 0.357. The second-order valence-electron chi connectivity index (χ2n) is 4.51. The lowest BCUT2D eigenvalue weighted by molar-refractivity contribution is 0.120. The average molecular weight is 263 g/mol. The van der Waals surface area contributed by atoms with Gasteiger partial charge in [0.15, 0.2) is 0 Å². The Hall–Kier alpha value is -1.32. The van der Waals surface area contributed by atoms with E-state index in [1.54, 1.807) is 6.20 Å². The fourth-order valence-corrected chi connectivity index (χ4v) is 2.54. The Morgan fingerprint density at radius 1 is 1.39 bits per heavy atom. The van der Waals surface area contributed by atoms with Crippen LogP contribution in [0.4, 0.5) is 5.69 Å². The number of nitrogens with zero attached hydrogens (tertiary/aromatic N) is 1. The molecule has 1 aromatic heterocycles. The number of fused-ring (bicyclic) bond motifs is 1. The van der Waals surface area contributed by atoms with Gasteiger partial charge in [-0.1, -0.05) is 11.6 Å². The number of rotatable bonds is 3. The van der Waals surface area contributed by atoms with E-state index >= 15 is 0 Å². The third-order valence-electron chi connectivity index (χ3n) is 3.26. The van der Waals surface area contributed by atoms with Gasteiger partial charge in [-0.2, -0.15) is 0 Å². The predicted octanol–water partition coefficient (Wildman–Crippen LogP) is 3.48. The molecular weight excluding hydrogens is 248 g/mol. The largest absolute Gasteiger partial charge is 0.382 e. The highest BCUT2D eigenvalue weighted by atomic mass is 35.5. The van der Waals surface area contributed by atoms with Gasteiger partial charge < -0.3 is 10.1 Å². The van der Waals surface area contributed by atoms with Crippen molar-refractivity contribution in [3.8, 4) is 0 Å². The molecule has 0 saturated carbocycles. The maximum Gasteiger partial charge on any atom is 0.0908 e. The molecule has 0 spiro atoms. The van der Waals surface area contributed by atoms with E-state index in [4.69, 9.17) is 16.3 Å². The number of ether oxygens (including phenoxy) is 1. The minimum absolute atomic E-state index is 0.326. The van der Waals surface area contributed by atoms with Gasteiger partial charge in [0.25, 0.3) is 0 Å². The molecule has 0 radical (unpaired) electrons. The number of hydrogen-bond donors (Lipinski definition) is 1. The van der Waals surface area contributed by atoms with Crippen molar-refractivity contribution in [1.29, 1.82) is 0 Å². The first kappa shape index (κ1) is 11.8. The Balaban J connectivity index is 1.85. The normalized spacial score (nSPS) is 19.3. The number of nitrogens with one attached hydrogen (secondary N) is 1. The van der Waals surface area contributed by atoms with E-state index in [2.05, 4.69) is 10.3 Å². The number of hydrogen-bond acceptors (Lipinski definition) is 3. The van der Waals surface area contributed by atoms with Crippen molar-refractivity contribution in [1.82, 2.24) is 4.98 Å². The van der Waals surface area contributed by atoms with Crippen LogP contribution < -0.4 is 5.32 Å². The number of benzene rings is 1. The molecule has 0 bridgehead atoms. The molecule has 0 aliphatic carbocycles. The predicted molar refractivity (Wildman–Crippen MR) is 74.2 cm³/mol. The maximum atomic E-state index is 6.14. The second-order valence-corrected chi connectivity index (χ2v) is 4.92. The number of anilines is 1. The van der Waals surface area contributed by atoms with Crippen LogP contribution in [0.5, 0.6) is 0 Å². The molecule has 1 fully saturated rings. The summed E-state index contributed by atoms with van der Waals surface area (Å²) < 4.78 is 5.61. The van der Waals surface area contributed by atoms with Crippen molar-refractivity contribution in [2.75, 3.05) is 18.5 Å². The van der Waals surface area contributed by atoms with Gasteiger partial charge in [-0.25, -0.2) is 0 Å². The van der Waals surface area contributed by atoms with E-state index < -0.39 is 0 Å². The summed E-state index contributed by atoms with van der Waals surface area (Å²) in [6, 6.07) is 7.85. The lowest BCUT2D eigenvalue weighted by atomic mass is 10.1. The Labute approximate surface area is 111 Å². The molecule has 1 unspecified atom stereocenters. The van der Waals surface area contributed by atoms with E-state index in [1.807, 2.05) is 24.3 Å². The average Bonchev–Trinajstić information content (AvgIpc) is 2.92. The molecule has 1 aliphatic heterocycles. The third kappa shape index (κ3) is 2.28. The van der Waals surface area contributed by atoms with Gasteiger partial charge in [-0.05, 0) is 37.1 Å². The zero-order chi connectivity index (χ0) is 12.4. The van der Waals surface area contributed by atoms with Crippen LogP contribution in [0.2, 0.25) is 5.02 Å². The van der Waals surface area contributed by atoms with Crippen LogP contribution in [-0.2, 0) is 4.74 Å². The second kappa shape index (κ2) is 5.12. The van der Waals surface area contributed by atoms with Crippen molar-refractivity contribution in [2.45, 2.75) is 18.9 Å². The van der Waals surface area contributed by atoms with Crippen LogP contribution in [0, 0.1) is 0 Å². The minimum Gasteiger partial charge on any atom is -0.382 e. The van der Waals surface area contributed by atoms with Gasteiger partial charge in [0, 0.05) is 30.4 Å². The van der Waals surface area contributed by atoms with Gasteiger partial charge in [0.1, 0.15) is 0 Å². The van der Waals surface area contributed by atoms with Crippen molar-refractivity contribution >= 4 is 28.2 Å². The molecule has 1 aliphatic rings. The first-order valence-electron chi connectivity index (χ1n) is 6.23. The van der Waals surface area contributed by atoms with Gasteiger partial charge >= 0.3 is 0 Å². The van der Waals surface area contributed by atoms with Crippen molar-refractivity contribution in [3.63, 3.8) is 0 Å². The molecule has 18 heavy (non-hydrogen) atoms. The lowest BCUT2D eigenvalue weighted by Crippen LogP contribution is -2.18. The van der Waals surface area contributed by atoms with Crippen LogP contribution in [0.25, 0.3) is 10.9 Å². The summed E-state index contributed by atoms with van der Waals surface area (Å²) >= 11 is 6.14. The summed E-state index contributed by atoms with van der Waals surface area (Å²) in [7, 11) is 0. The van der Waals surface area contributed by atoms with Crippen molar-refractivity contribution < 1.29 is 4.74 Å². The Morgan fingerprint density at radius 2 is 2.33 bits per heavy atom. The number of halogens is 1. The molecule has 3 nitrogen and oxygen atoms in total. The number of aromatic nitrogens is 1. The smallest absolute Gasteiger partial charge is 0.0908 e. The van der Waals surface area contributed by atoms with Crippen molar-refractivity contribution in [2.24, 2.45) is 0 Å². The van der Waals surface area contributed by atoms with Gasteiger partial charge in [-0.3, -0.25) is 4.98 Å². The standard InChI is InChI=1S/C14H15ClN2O/c15-12-5-6-13(11-4-1-7-16-14(11)12)17-9-10-3-2-8-18-10/h1,4-7,10,17H,2-3,8-9H2. The molecule has 1 atom stereocenters. The maximum absolute atomic E-state index is 6.14. The number of pyridine rings is 1. The van der Waals surface area contributed by atoms with Crippen molar-refractivity contribution in [3.05, 3.63) is 35.5 Å². The SMILES string of the molecule is Clc1ccc(NCC2CCCO2)c2cccnc12. The Bertz CT molecular complexity index is 552. The lowest BCUT2D eigenvalue weighted by Gasteiger charge is -2.14. The van der Waals surface area contributed by atoms with Gasteiger partial charge in [-0.15, -0.1) is 0 Å². The molecule has 0 amide bonds. The first-order chi connectivity index (χ1) is 8.84. The zero-order valence-corrected chi connectivity index (χ0v) is 10.8. The molecule has 1 saturated heterocycles. The van der Waals surface area contributed by atoms with Crippen LogP contribution >= 0.6 is 11.6 Å². The van der Waals surface area contributed by atoms with E-state index in [1.165, 1.54) is 0 Å². The van der Waals surface area contributed by atoms with Crippen LogP contribution in [0.3, 0.4) is 0 Å². The third-order valence-corrected chi connectivity index (χ3v) is 3.57. The molecule has 1 aromatic carbocycles.